The van der Waals surface area contributed by atoms with E-state index in [-0.39, 0.29) is 5.91 Å². The maximum Gasteiger partial charge on any atom is 0.258 e. The van der Waals surface area contributed by atoms with Gasteiger partial charge in [-0.3, -0.25) is 15.1 Å². The maximum atomic E-state index is 12.0. The Kier molecular flexibility index (Phi) is 2.91. The molecule has 1 amide bonds. The Morgan fingerprint density at radius 1 is 1.29 bits per heavy atom. The lowest BCUT2D eigenvalue weighted by molar-refractivity contribution is 0.102. The molecular weight excluding hydrogens is 216 g/mol. The van der Waals surface area contributed by atoms with Crippen LogP contribution in [-0.2, 0) is 7.05 Å². The summed E-state index contributed by atoms with van der Waals surface area (Å²) in [6.07, 6.45) is 3.41. The summed E-state index contributed by atoms with van der Waals surface area (Å²) in [5.74, 6) is 0.356. The van der Waals surface area contributed by atoms with E-state index in [1.807, 2.05) is 20.9 Å². The van der Waals surface area contributed by atoms with Gasteiger partial charge in [0, 0.05) is 36.4 Å². The maximum absolute atomic E-state index is 12.0. The van der Waals surface area contributed by atoms with Gasteiger partial charge in [0.1, 0.15) is 0 Å². The van der Waals surface area contributed by atoms with E-state index in [4.69, 9.17) is 0 Å². The quantitative estimate of drug-likeness (QED) is 0.854. The minimum atomic E-state index is -0.173. The number of amides is 1. The number of aryl methyl sites for hydroxylation is 3. The molecule has 88 valence electrons. The van der Waals surface area contributed by atoms with Crippen molar-refractivity contribution in [3.05, 3.63) is 41.5 Å². The van der Waals surface area contributed by atoms with E-state index in [2.05, 4.69) is 15.3 Å². The Labute approximate surface area is 99.5 Å². The van der Waals surface area contributed by atoms with Gasteiger partial charge in [0.05, 0.1) is 0 Å². The average molecular weight is 230 g/mol. The molecule has 1 N–H and O–H groups in total. The topological polar surface area (TPSA) is 59.8 Å². The Morgan fingerprint density at radius 3 is 2.47 bits per heavy atom. The van der Waals surface area contributed by atoms with Crippen LogP contribution in [0.5, 0.6) is 0 Å². The van der Waals surface area contributed by atoms with Gasteiger partial charge in [-0.25, -0.2) is 4.98 Å². The zero-order valence-electron chi connectivity index (χ0n) is 10.1. The Bertz CT molecular complexity index is 539. The average Bonchev–Trinajstić information content (AvgIpc) is 2.63. The predicted octanol–water partition coefficient (Wildman–Crippen LogP) is 1.68. The summed E-state index contributed by atoms with van der Waals surface area (Å²) < 4.78 is 1.75. The lowest BCUT2D eigenvalue weighted by atomic mass is 10.2. The van der Waals surface area contributed by atoms with Crippen LogP contribution in [0.4, 0.5) is 5.95 Å². The third kappa shape index (κ3) is 2.50. The van der Waals surface area contributed by atoms with Crippen molar-refractivity contribution < 1.29 is 4.79 Å². The molecule has 0 aromatic carbocycles. The molecule has 2 rings (SSSR count). The molecule has 0 bridgehead atoms. The third-order valence-corrected chi connectivity index (χ3v) is 2.39. The van der Waals surface area contributed by atoms with Crippen LogP contribution in [-0.4, -0.2) is 20.4 Å². The number of carbonyl (C=O) groups is 1. The first-order valence-corrected chi connectivity index (χ1v) is 5.30. The number of hydrogen-bond acceptors (Lipinski definition) is 3. The summed E-state index contributed by atoms with van der Waals surface area (Å²) in [5.41, 5.74) is 2.25. The van der Waals surface area contributed by atoms with Gasteiger partial charge in [-0.15, -0.1) is 0 Å². The van der Waals surface area contributed by atoms with E-state index < -0.39 is 0 Å². The Balaban J connectivity index is 2.23. The fourth-order valence-electron chi connectivity index (χ4n) is 1.63. The van der Waals surface area contributed by atoms with E-state index in [1.54, 1.807) is 29.1 Å². The van der Waals surface area contributed by atoms with Gasteiger partial charge in [-0.05, 0) is 26.0 Å². The number of aromatic nitrogens is 3. The highest BCUT2D eigenvalue weighted by Gasteiger charge is 2.09. The van der Waals surface area contributed by atoms with Crippen LogP contribution in [0.2, 0.25) is 0 Å². The molecule has 0 aliphatic carbocycles. The molecule has 2 aromatic heterocycles. The second-order valence-corrected chi connectivity index (χ2v) is 3.95. The summed E-state index contributed by atoms with van der Waals surface area (Å²) in [4.78, 5) is 20.2. The molecule has 0 atom stereocenters. The van der Waals surface area contributed by atoms with Crippen LogP contribution in [0.15, 0.2) is 24.5 Å². The summed E-state index contributed by atoms with van der Waals surface area (Å²) >= 11 is 0. The fraction of sp³-hybridized carbons (Fsp3) is 0.250. The van der Waals surface area contributed by atoms with E-state index in [1.165, 1.54) is 0 Å². The Morgan fingerprint density at radius 2 is 1.94 bits per heavy atom. The number of rotatable bonds is 2. The highest BCUT2D eigenvalue weighted by Crippen LogP contribution is 2.08. The molecule has 0 unspecified atom stereocenters. The summed E-state index contributed by atoms with van der Waals surface area (Å²) in [7, 11) is 1.83. The number of nitrogens with zero attached hydrogens (tertiary/aromatic N) is 3. The predicted molar refractivity (Wildman–Crippen MR) is 64.9 cm³/mol. The van der Waals surface area contributed by atoms with Gasteiger partial charge in [0.2, 0.25) is 5.95 Å². The lowest BCUT2D eigenvalue weighted by Gasteiger charge is -2.06. The molecule has 2 aromatic rings. The second kappa shape index (κ2) is 4.37. The molecule has 0 saturated heterocycles. The minimum Gasteiger partial charge on any atom is -0.320 e. The van der Waals surface area contributed by atoms with Gasteiger partial charge >= 0.3 is 0 Å². The molecule has 0 saturated carbocycles. The summed E-state index contributed by atoms with van der Waals surface area (Å²) in [6.45, 7) is 3.73. The van der Waals surface area contributed by atoms with Crippen molar-refractivity contribution in [3.63, 3.8) is 0 Å². The molecule has 5 heteroatoms. The standard InChI is InChI=1S/C12H14N4O/c1-8-6-10(7-9(2)14-8)11(17)15-12-13-4-5-16(12)3/h4-7H,1-3H3,(H,13,15,17). The molecule has 0 aliphatic heterocycles. The van der Waals surface area contributed by atoms with E-state index >= 15 is 0 Å². The van der Waals surface area contributed by atoms with Crippen molar-refractivity contribution in [1.29, 1.82) is 0 Å². The largest absolute Gasteiger partial charge is 0.320 e. The van der Waals surface area contributed by atoms with Crippen LogP contribution in [0, 0.1) is 13.8 Å². The second-order valence-electron chi connectivity index (χ2n) is 3.95. The number of nitrogens with one attached hydrogen (secondary N) is 1. The summed E-state index contributed by atoms with van der Waals surface area (Å²) in [6, 6.07) is 3.51. The van der Waals surface area contributed by atoms with E-state index in [0.29, 0.717) is 11.5 Å². The first-order valence-electron chi connectivity index (χ1n) is 5.30. The fourth-order valence-corrected chi connectivity index (χ4v) is 1.63. The van der Waals surface area contributed by atoms with E-state index in [9.17, 15) is 4.79 Å². The van der Waals surface area contributed by atoms with Crippen LogP contribution in [0.1, 0.15) is 21.7 Å². The van der Waals surface area contributed by atoms with Gasteiger partial charge in [-0.1, -0.05) is 0 Å². The highest BCUT2D eigenvalue weighted by atomic mass is 16.1. The van der Waals surface area contributed by atoms with Crippen molar-refractivity contribution in [2.75, 3.05) is 5.32 Å². The van der Waals surface area contributed by atoms with Gasteiger partial charge in [-0.2, -0.15) is 0 Å². The van der Waals surface area contributed by atoms with Crippen molar-refractivity contribution in [3.8, 4) is 0 Å². The molecular formula is C12H14N4O. The molecule has 2 heterocycles. The number of carbonyl (C=O) groups excluding carboxylic acids is 1. The van der Waals surface area contributed by atoms with Crippen LogP contribution < -0.4 is 5.32 Å². The molecule has 5 nitrogen and oxygen atoms in total. The van der Waals surface area contributed by atoms with Crippen LogP contribution >= 0.6 is 0 Å². The van der Waals surface area contributed by atoms with Crippen molar-refractivity contribution in [1.82, 2.24) is 14.5 Å². The number of pyridine rings is 1. The molecule has 17 heavy (non-hydrogen) atoms. The zero-order chi connectivity index (χ0) is 12.4. The lowest BCUT2D eigenvalue weighted by Crippen LogP contribution is -2.15. The SMILES string of the molecule is Cc1cc(C(=O)Nc2nccn2C)cc(C)n1. The molecule has 0 spiro atoms. The van der Waals surface area contributed by atoms with Crippen molar-refractivity contribution in [2.45, 2.75) is 13.8 Å². The van der Waals surface area contributed by atoms with Crippen molar-refractivity contribution in [2.24, 2.45) is 7.05 Å². The van der Waals surface area contributed by atoms with E-state index in [0.717, 1.165) is 11.4 Å². The number of hydrogen-bond donors (Lipinski definition) is 1. The Hall–Kier alpha value is -2.17. The molecule has 0 radical (unpaired) electrons. The van der Waals surface area contributed by atoms with Crippen LogP contribution in [0.25, 0.3) is 0 Å². The smallest absolute Gasteiger partial charge is 0.258 e. The van der Waals surface area contributed by atoms with Crippen LogP contribution in [0.3, 0.4) is 0 Å². The zero-order valence-corrected chi connectivity index (χ0v) is 10.1. The molecule has 0 aliphatic rings. The monoisotopic (exact) mass is 230 g/mol. The van der Waals surface area contributed by atoms with Crippen molar-refractivity contribution >= 4 is 11.9 Å². The highest BCUT2D eigenvalue weighted by molar-refractivity contribution is 6.03. The first kappa shape index (κ1) is 11.3. The minimum absolute atomic E-state index is 0.173. The van der Waals surface area contributed by atoms with Gasteiger partial charge in [0.25, 0.3) is 5.91 Å². The number of anilines is 1. The summed E-state index contributed by atoms with van der Waals surface area (Å²) in [5, 5.41) is 2.75. The van der Waals surface area contributed by atoms with Gasteiger partial charge < -0.3 is 4.57 Å². The molecule has 0 fully saturated rings. The van der Waals surface area contributed by atoms with Gasteiger partial charge in [0.15, 0.2) is 0 Å². The third-order valence-electron chi connectivity index (χ3n) is 2.39. The normalized spacial score (nSPS) is 10.3. The number of imidazole rings is 1. The first-order chi connectivity index (χ1) is 8.06.